The predicted molar refractivity (Wildman–Crippen MR) is 69.7 cm³/mol. The number of amides is 1. The van der Waals surface area contributed by atoms with Crippen molar-refractivity contribution in [3.8, 4) is 0 Å². The fourth-order valence-corrected chi connectivity index (χ4v) is 1.64. The van der Waals surface area contributed by atoms with Crippen LogP contribution in [0.25, 0.3) is 0 Å². The highest BCUT2D eigenvalue weighted by Crippen LogP contribution is 2.25. The van der Waals surface area contributed by atoms with E-state index in [1.54, 1.807) is 6.07 Å². The second-order valence-electron chi connectivity index (χ2n) is 3.28. The number of benzene rings is 1. The predicted octanol–water partition coefficient (Wildman–Crippen LogP) is 3.45. The fraction of sp³-hybridized carbons (Fsp3) is 0.250. The van der Waals surface area contributed by atoms with Crippen molar-refractivity contribution >= 4 is 29.3 Å². The van der Waals surface area contributed by atoms with E-state index in [9.17, 15) is 4.79 Å². The monoisotopic (exact) mass is 273 g/mol. The largest absolute Gasteiger partial charge is 0.445 e. The smallest absolute Gasteiger partial charge is 0.407 e. The number of carbonyl (C=O) groups excluding carboxylic acids is 1. The molecule has 3 nitrogen and oxygen atoms in total. The average molecular weight is 274 g/mol. The molecule has 5 heteroatoms. The summed E-state index contributed by atoms with van der Waals surface area (Å²) in [5, 5.41) is 3.64. The van der Waals surface area contributed by atoms with E-state index in [1.165, 1.54) is 6.08 Å². The van der Waals surface area contributed by atoms with Gasteiger partial charge in [0.2, 0.25) is 0 Å². The SMILES string of the molecule is C=CCOC(=O)NCCc1cccc(Cl)c1Cl. The van der Waals surface area contributed by atoms with Crippen molar-refractivity contribution in [3.63, 3.8) is 0 Å². The molecule has 0 aliphatic carbocycles. The maximum absolute atomic E-state index is 11.1. The van der Waals surface area contributed by atoms with Crippen LogP contribution in [0.3, 0.4) is 0 Å². The average Bonchev–Trinajstić information content (AvgIpc) is 2.32. The van der Waals surface area contributed by atoms with Gasteiger partial charge in [0.25, 0.3) is 0 Å². The minimum absolute atomic E-state index is 0.198. The van der Waals surface area contributed by atoms with Crippen LogP contribution in [0.4, 0.5) is 4.79 Å². The fourth-order valence-electron chi connectivity index (χ4n) is 1.23. The normalized spacial score (nSPS) is 9.76. The van der Waals surface area contributed by atoms with E-state index >= 15 is 0 Å². The first-order valence-electron chi connectivity index (χ1n) is 5.09. The van der Waals surface area contributed by atoms with E-state index < -0.39 is 6.09 Å². The lowest BCUT2D eigenvalue weighted by atomic mass is 10.1. The Morgan fingerprint density at radius 3 is 2.94 bits per heavy atom. The molecule has 1 rings (SSSR count). The molecular weight excluding hydrogens is 261 g/mol. The van der Waals surface area contributed by atoms with Crippen LogP contribution < -0.4 is 5.32 Å². The van der Waals surface area contributed by atoms with Gasteiger partial charge >= 0.3 is 6.09 Å². The van der Waals surface area contributed by atoms with Gasteiger partial charge in [0.1, 0.15) is 6.61 Å². The third-order valence-electron chi connectivity index (χ3n) is 2.03. The van der Waals surface area contributed by atoms with Crippen LogP contribution in [0.2, 0.25) is 10.0 Å². The lowest BCUT2D eigenvalue weighted by Gasteiger charge is -2.07. The number of hydrogen-bond acceptors (Lipinski definition) is 2. The molecule has 0 fully saturated rings. The molecule has 0 saturated carbocycles. The number of rotatable bonds is 5. The van der Waals surface area contributed by atoms with Crippen LogP contribution in [0.1, 0.15) is 5.56 Å². The Hall–Kier alpha value is -1.19. The summed E-state index contributed by atoms with van der Waals surface area (Å²) in [5.41, 5.74) is 0.892. The van der Waals surface area contributed by atoms with E-state index in [-0.39, 0.29) is 6.61 Å². The molecule has 17 heavy (non-hydrogen) atoms. The third kappa shape index (κ3) is 4.67. The molecule has 1 N–H and O–H groups in total. The topological polar surface area (TPSA) is 38.3 Å². The van der Waals surface area contributed by atoms with Gasteiger partial charge in [-0.05, 0) is 18.1 Å². The molecule has 1 aromatic carbocycles. The lowest BCUT2D eigenvalue weighted by Crippen LogP contribution is -2.26. The van der Waals surface area contributed by atoms with Crippen molar-refractivity contribution in [3.05, 3.63) is 46.5 Å². The molecule has 0 spiro atoms. The summed E-state index contributed by atoms with van der Waals surface area (Å²) in [6.45, 7) is 4.08. The van der Waals surface area contributed by atoms with E-state index in [0.717, 1.165) is 5.56 Å². The highest BCUT2D eigenvalue weighted by molar-refractivity contribution is 6.42. The summed E-state index contributed by atoms with van der Waals surface area (Å²) in [7, 11) is 0. The van der Waals surface area contributed by atoms with E-state index in [0.29, 0.717) is 23.0 Å². The maximum Gasteiger partial charge on any atom is 0.407 e. The summed E-state index contributed by atoms with van der Waals surface area (Å²) < 4.78 is 4.76. The first-order chi connectivity index (χ1) is 8.15. The summed E-state index contributed by atoms with van der Waals surface area (Å²) in [6.07, 6.45) is 1.64. The number of alkyl carbamates (subject to hydrolysis) is 1. The Morgan fingerprint density at radius 1 is 1.47 bits per heavy atom. The van der Waals surface area contributed by atoms with E-state index in [2.05, 4.69) is 11.9 Å². The summed E-state index contributed by atoms with van der Waals surface area (Å²) in [6, 6.07) is 5.41. The van der Waals surface area contributed by atoms with Gasteiger partial charge in [0.15, 0.2) is 0 Å². The van der Waals surface area contributed by atoms with Crippen LogP contribution in [0.15, 0.2) is 30.9 Å². The lowest BCUT2D eigenvalue weighted by molar-refractivity contribution is 0.158. The zero-order valence-electron chi connectivity index (χ0n) is 9.21. The molecule has 0 heterocycles. The van der Waals surface area contributed by atoms with Crippen molar-refractivity contribution in [2.75, 3.05) is 13.2 Å². The minimum atomic E-state index is -0.469. The van der Waals surface area contributed by atoms with Crippen LogP contribution in [0, 0.1) is 0 Å². The molecule has 0 unspecified atom stereocenters. The highest BCUT2D eigenvalue weighted by atomic mass is 35.5. The van der Waals surface area contributed by atoms with Gasteiger partial charge in [-0.25, -0.2) is 4.79 Å². The number of carbonyl (C=O) groups is 1. The molecule has 1 aromatic rings. The number of nitrogens with one attached hydrogen (secondary N) is 1. The quantitative estimate of drug-likeness (QED) is 0.835. The molecule has 1 amide bonds. The highest BCUT2D eigenvalue weighted by Gasteiger charge is 2.05. The molecule has 0 radical (unpaired) electrons. The van der Waals surface area contributed by atoms with Crippen molar-refractivity contribution < 1.29 is 9.53 Å². The van der Waals surface area contributed by atoms with Crippen LogP contribution >= 0.6 is 23.2 Å². The maximum atomic E-state index is 11.1. The standard InChI is InChI=1S/C12H13Cl2NO2/c1-2-8-17-12(16)15-7-6-9-4-3-5-10(13)11(9)14/h2-5H,1,6-8H2,(H,15,16). The Labute approximate surface area is 110 Å². The van der Waals surface area contributed by atoms with Gasteiger partial charge in [-0.2, -0.15) is 0 Å². The molecule has 0 atom stereocenters. The molecule has 0 aromatic heterocycles. The van der Waals surface area contributed by atoms with Crippen LogP contribution in [0.5, 0.6) is 0 Å². The molecule has 0 bridgehead atoms. The molecule has 0 aliphatic heterocycles. The van der Waals surface area contributed by atoms with Gasteiger partial charge in [0, 0.05) is 6.54 Å². The van der Waals surface area contributed by atoms with E-state index in [4.69, 9.17) is 27.9 Å². The number of halogens is 2. The summed E-state index contributed by atoms with van der Waals surface area (Å²) in [4.78, 5) is 11.1. The minimum Gasteiger partial charge on any atom is -0.445 e. The van der Waals surface area contributed by atoms with Gasteiger partial charge in [-0.1, -0.05) is 48.0 Å². The van der Waals surface area contributed by atoms with Gasteiger partial charge in [0.05, 0.1) is 10.0 Å². The first-order valence-corrected chi connectivity index (χ1v) is 5.85. The molecular formula is C12H13Cl2NO2. The zero-order valence-corrected chi connectivity index (χ0v) is 10.7. The number of hydrogen-bond donors (Lipinski definition) is 1. The first kappa shape index (κ1) is 13.9. The van der Waals surface area contributed by atoms with Crippen molar-refractivity contribution in [1.29, 1.82) is 0 Å². The Balaban J connectivity index is 2.38. The van der Waals surface area contributed by atoms with E-state index in [1.807, 2.05) is 12.1 Å². The summed E-state index contributed by atoms with van der Waals surface area (Å²) in [5.74, 6) is 0. The van der Waals surface area contributed by atoms with Crippen molar-refractivity contribution in [2.24, 2.45) is 0 Å². The zero-order chi connectivity index (χ0) is 12.7. The van der Waals surface area contributed by atoms with Crippen molar-refractivity contribution in [1.82, 2.24) is 5.32 Å². The van der Waals surface area contributed by atoms with Crippen molar-refractivity contribution in [2.45, 2.75) is 6.42 Å². The summed E-state index contributed by atoms with van der Waals surface area (Å²) >= 11 is 11.9. The van der Waals surface area contributed by atoms with Crippen LogP contribution in [-0.4, -0.2) is 19.2 Å². The second-order valence-corrected chi connectivity index (χ2v) is 4.06. The molecule has 0 aliphatic rings. The third-order valence-corrected chi connectivity index (χ3v) is 2.89. The molecule has 92 valence electrons. The van der Waals surface area contributed by atoms with Gasteiger partial charge in [-0.3, -0.25) is 0 Å². The second kappa shape index (κ2) is 7.20. The molecule has 0 saturated heterocycles. The van der Waals surface area contributed by atoms with Crippen LogP contribution in [-0.2, 0) is 11.2 Å². The Kier molecular flexibility index (Phi) is 5.87. The van der Waals surface area contributed by atoms with Gasteiger partial charge < -0.3 is 10.1 Å². The van der Waals surface area contributed by atoms with Gasteiger partial charge in [-0.15, -0.1) is 0 Å². The Bertz CT molecular complexity index is 407. The number of ether oxygens (including phenoxy) is 1. The Morgan fingerprint density at radius 2 is 2.24 bits per heavy atom.